The van der Waals surface area contributed by atoms with Crippen LogP contribution in [0, 0.1) is 11.8 Å². The Balaban J connectivity index is 2.31. The van der Waals surface area contributed by atoms with E-state index in [1.54, 1.807) is 0 Å². The second-order valence-electron chi connectivity index (χ2n) is 5.23. The van der Waals surface area contributed by atoms with Gasteiger partial charge in [-0.1, -0.05) is 33.6 Å². The molecule has 0 aromatic heterocycles. The zero-order chi connectivity index (χ0) is 11.3. The summed E-state index contributed by atoms with van der Waals surface area (Å²) in [5.41, 5.74) is 0. The highest BCUT2D eigenvalue weighted by atomic mass is 16.2. The molecule has 0 saturated carbocycles. The number of unbranched alkanes of at least 4 members (excludes halogenated alkanes) is 1. The van der Waals surface area contributed by atoms with Gasteiger partial charge in [0.25, 0.3) is 0 Å². The van der Waals surface area contributed by atoms with Crippen molar-refractivity contribution in [2.75, 3.05) is 13.1 Å². The standard InChI is InChI=1S/C13H25NO/c1-4-5-6-12-7-8-14(10-11(2)3)13(15)9-12/h11-12H,4-10H2,1-3H3. The predicted molar refractivity (Wildman–Crippen MR) is 63.7 cm³/mol. The van der Waals surface area contributed by atoms with Crippen LogP contribution in [0.2, 0.25) is 0 Å². The summed E-state index contributed by atoms with van der Waals surface area (Å²) in [6, 6.07) is 0. The summed E-state index contributed by atoms with van der Waals surface area (Å²) in [5.74, 6) is 1.65. The van der Waals surface area contributed by atoms with Crippen LogP contribution in [-0.2, 0) is 4.79 Å². The Bertz CT molecular complexity index is 201. The van der Waals surface area contributed by atoms with Gasteiger partial charge in [0.05, 0.1) is 0 Å². The van der Waals surface area contributed by atoms with Crippen molar-refractivity contribution >= 4 is 5.91 Å². The summed E-state index contributed by atoms with van der Waals surface area (Å²) in [4.78, 5) is 13.9. The Kier molecular flexibility index (Phi) is 5.13. The molecule has 1 saturated heterocycles. The predicted octanol–water partition coefficient (Wildman–Crippen LogP) is 3.07. The van der Waals surface area contributed by atoms with E-state index >= 15 is 0 Å². The normalized spacial score (nSPS) is 22.5. The molecule has 1 unspecified atom stereocenters. The van der Waals surface area contributed by atoms with Crippen molar-refractivity contribution in [1.82, 2.24) is 4.90 Å². The lowest BCUT2D eigenvalue weighted by Gasteiger charge is -2.32. The van der Waals surface area contributed by atoms with E-state index in [2.05, 4.69) is 20.8 Å². The van der Waals surface area contributed by atoms with Crippen LogP contribution in [0.15, 0.2) is 0 Å². The average molecular weight is 211 g/mol. The molecule has 0 aliphatic carbocycles. The first-order valence-corrected chi connectivity index (χ1v) is 6.41. The maximum absolute atomic E-state index is 11.8. The molecule has 2 nitrogen and oxygen atoms in total. The lowest BCUT2D eigenvalue weighted by atomic mass is 9.91. The Morgan fingerprint density at radius 1 is 1.47 bits per heavy atom. The molecule has 0 aromatic carbocycles. The minimum absolute atomic E-state index is 0.385. The number of amides is 1. The molecular formula is C13H25NO. The monoisotopic (exact) mass is 211 g/mol. The fourth-order valence-electron chi connectivity index (χ4n) is 2.31. The molecule has 0 N–H and O–H groups in total. The molecule has 15 heavy (non-hydrogen) atoms. The zero-order valence-corrected chi connectivity index (χ0v) is 10.5. The molecule has 1 rings (SSSR count). The first-order valence-electron chi connectivity index (χ1n) is 6.41. The first-order chi connectivity index (χ1) is 7.13. The number of hydrogen-bond acceptors (Lipinski definition) is 1. The molecule has 1 fully saturated rings. The van der Waals surface area contributed by atoms with Crippen LogP contribution < -0.4 is 0 Å². The summed E-state index contributed by atoms with van der Waals surface area (Å²) in [7, 11) is 0. The van der Waals surface area contributed by atoms with Gasteiger partial charge in [-0.05, 0) is 24.7 Å². The van der Waals surface area contributed by atoms with Crippen LogP contribution >= 0.6 is 0 Å². The fraction of sp³-hybridized carbons (Fsp3) is 0.923. The quantitative estimate of drug-likeness (QED) is 0.684. The van der Waals surface area contributed by atoms with E-state index in [1.807, 2.05) is 4.90 Å². The molecule has 1 aliphatic rings. The molecule has 0 aromatic rings. The maximum atomic E-state index is 11.8. The number of likely N-dealkylation sites (tertiary alicyclic amines) is 1. The third-order valence-electron chi connectivity index (χ3n) is 3.17. The van der Waals surface area contributed by atoms with Gasteiger partial charge in [-0.2, -0.15) is 0 Å². The minimum atomic E-state index is 0.385. The number of carbonyl (C=O) groups is 1. The molecule has 88 valence electrons. The molecule has 2 heteroatoms. The number of nitrogens with zero attached hydrogens (tertiary/aromatic N) is 1. The van der Waals surface area contributed by atoms with E-state index in [0.717, 1.165) is 19.5 Å². The van der Waals surface area contributed by atoms with Gasteiger partial charge in [-0.25, -0.2) is 0 Å². The Labute approximate surface area is 94.0 Å². The van der Waals surface area contributed by atoms with Crippen LogP contribution in [0.5, 0.6) is 0 Å². The van der Waals surface area contributed by atoms with Crippen molar-refractivity contribution in [3.63, 3.8) is 0 Å². The van der Waals surface area contributed by atoms with Crippen molar-refractivity contribution in [3.05, 3.63) is 0 Å². The Hall–Kier alpha value is -0.530. The van der Waals surface area contributed by atoms with Crippen molar-refractivity contribution in [2.24, 2.45) is 11.8 Å². The minimum Gasteiger partial charge on any atom is -0.342 e. The van der Waals surface area contributed by atoms with Crippen molar-refractivity contribution in [3.8, 4) is 0 Å². The van der Waals surface area contributed by atoms with Crippen molar-refractivity contribution < 1.29 is 4.79 Å². The van der Waals surface area contributed by atoms with Crippen LogP contribution in [0.3, 0.4) is 0 Å². The van der Waals surface area contributed by atoms with Crippen molar-refractivity contribution in [2.45, 2.75) is 52.9 Å². The van der Waals surface area contributed by atoms with Gasteiger partial charge in [0, 0.05) is 19.5 Å². The number of carbonyl (C=O) groups excluding carboxylic acids is 1. The van der Waals surface area contributed by atoms with Crippen LogP contribution in [0.25, 0.3) is 0 Å². The number of piperidine rings is 1. The van der Waals surface area contributed by atoms with Gasteiger partial charge in [0.2, 0.25) is 5.91 Å². The second-order valence-corrected chi connectivity index (χ2v) is 5.23. The van der Waals surface area contributed by atoms with Crippen LogP contribution in [0.4, 0.5) is 0 Å². The van der Waals surface area contributed by atoms with E-state index in [1.165, 1.54) is 25.7 Å². The Morgan fingerprint density at radius 3 is 2.73 bits per heavy atom. The summed E-state index contributed by atoms with van der Waals surface area (Å²) in [6.45, 7) is 8.51. The highest BCUT2D eigenvalue weighted by Gasteiger charge is 2.25. The van der Waals surface area contributed by atoms with E-state index in [0.29, 0.717) is 17.7 Å². The van der Waals surface area contributed by atoms with Gasteiger partial charge in [-0.15, -0.1) is 0 Å². The van der Waals surface area contributed by atoms with Crippen molar-refractivity contribution in [1.29, 1.82) is 0 Å². The maximum Gasteiger partial charge on any atom is 0.222 e. The molecule has 0 spiro atoms. The topological polar surface area (TPSA) is 20.3 Å². The summed E-state index contributed by atoms with van der Waals surface area (Å²) >= 11 is 0. The summed E-state index contributed by atoms with van der Waals surface area (Å²) in [5, 5.41) is 0. The van der Waals surface area contributed by atoms with Gasteiger partial charge < -0.3 is 4.90 Å². The van der Waals surface area contributed by atoms with Crippen LogP contribution in [-0.4, -0.2) is 23.9 Å². The van der Waals surface area contributed by atoms with Gasteiger partial charge in [0.1, 0.15) is 0 Å². The fourth-order valence-corrected chi connectivity index (χ4v) is 2.31. The highest BCUT2D eigenvalue weighted by Crippen LogP contribution is 2.23. The first kappa shape index (κ1) is 12.5. The smallest absolute Gasteiger partial charge is 0.222 e. The number of rotatable bonds is 5. The van der Waals surface area contributed by atoms with Gasteiger partial charge in [-0.3, -0.25) is 4.79 Å². The number of hydrogen-bond donors (Lipinski definition) is 0. The SMILES string of the molecule is CCCCC1CCN(CC(C)C)C(=O)C1. The molecular weight excluding hydrogens is 186 g/mol. The Morgan fingerprint density at radius 2 is 2.20 bits per heavy atom. The molecule has 0 bridgehead atoms. The summed E-state index contributed by atoms with van der Waals surface area (Å²) in [6.07, 6.45) is 5.80. The molecule has 0 radical (unpaired) electrons. The molecule has 1 atom stereocenters. The van der Waals surface area contributed by atoms with E-state index in [4.69, 9.17) is 0 Å². The van der Waals surface area contributed by atoms with Gasteiger partial charge in [0.15, 0.2) is 0 Å². The largest absolute Gasteiger partial charge is 0.342 e. The third-order valence-corrected chi connectivity index (χ3v) is 3.17. The lowest BCUT2D eigenvalue weighted by Crippen LogP contribution is -2.40. The molecule has 1 aliphatic heterocycles. The van der Waals surface area contributed by atoms with E-state index < -0.39 is 0 Å². The molecule has 1 heterocycles. The molecule has 1 amide bonds. The van der Waals surface area contributed by atoms with E-state index in [9.17, 15) is 4.79 Å². The lowest BCUT2D eigenvalue weighted by molar-refractivity contribution is -0.135. The second kappa shape index (κ2) is 6.14. The van der Waals surface area contributed by atoms with Crippen LogP contribution in [0.1, 0.15) is 52.9 Å². The third kappa shape index (κ3) is 4.23. The zero-order valence-electron chi connectivity index (χ0n) is 10.5. The highest BCUT2D eigenvalue weighted by molar-refractivity contribution is 5.77. The van der Waals surface area contributed by atoms with Gasteiger partial charge >= 0.3 is 0 Å². The average Bonchev–Trinajstić information content (AvgIpc) is 2.18. The summed E-state index contributed by atoms with van der Waals surface area (Å²) < 4.78 is 0. The van der Waals surface area contributed by atoms with E-state index in [-0.39, 0.29) is 0 Å².